The molecule has 0 saturated carbocycles. The second kappa shape index (κ2) is 6.10. The van der Waals surface area contributed by atoms with Crippen molar-refractivity contribution in [2.75, 3.05) is 26.8 Å². The summed E-state index contributed by atoms with van der Waals surface area (Å²) in [6.07, 6.45) is -3.56. The molecule has 0 radical (unpaired) electrons. The molecule has 2 nitrogen and oxygen atoms in total. The monoisotopic (exact) mass is 291 g/mol. The molecular weight excluding hydrogens is 274 g/mol. The molecule has 0 spiro atoms. The lowest BCUT2D eigenvalue weighted by atomic mass is 10.1. The van der Waals surface area contributed by atoms with Crippen molar-refractivity contribution in [1.29, 1.82) is 0 Å². The lowest BCUT2D eigenvalue weighted by molar-refractivity contribution is -0.137. The van der Waals surface area contributed by atoms with Gasteiger partial charge in [-0.15, -0.1) is 0 Å². The Morgan fingerprint density at radius 2 is 2.05 bits per heavy atom. The largest absolute Gasteiger partial charge is 0.416 e. The van der Waals surface area contributed by atoms with Gasteiger partial charge in [0, 0.05) is 19.7 Å². The second-order valence-electron chi connectivity index (χ2n) is 5.27. The van der Waals surface area contributed by atoms with E-state index in [0.29, 0.717) is 24.2 Å². The molecule has 0 aromatic heterocycles. The van der Waals surface area contributed by atoms with Crippen LogP contribution >= 0.6 is 0 Å². The van der Waals surface area contributed by atoms with Crippen molar-refractivity contribution < 1.29 is 22.3 Å². The van der Waals surface area contributed by atoms with Crippen LogP contribution < -0.4 is 0 Å². The normalized spacial score (nSPS) is 19.8. The topological polar surface area (TPSA) is 12.5 Å². The zero-order chi connectivity index (χ0) is 14.8. The van der Waals surface area contributed by atoms with Crippen LogP contribution in [0.15, 0.2) is 18.2 Å². The minimum Gasteiger partial charge on any atom is -0.381 e. The van der Waals surface area contributed by atoms with Gasteiger partial charge in [-0.3, -0.25) is 0 Å². The van der Waals surface area contributed by atoms with Crippen LogP contribution in [0.1, 0.15) is 17.5 Å². The molecule has 112 valence electrons. The van der Waals surface area contributed by atoms with E-state index in [2.05, 4.69) is 0 Å². The predicted octanol–water partition coefficient (Wildman–Crippen LogP) is 3.31. The second-order valence-corrected chi connectivity index (χ2v) is 5.27. The number of alkyl halides is 3. The predicted molar refractivity (Wildman–Crippen MR) is 66.7 cm³/mol. The molecule has 1 aromatic rings. The SMILES string of the molecule is CN(Cc1cc(F)cc(C(F)(F)F)c1)CC1CCOC1. The Morgan fingerprint density at radius 3 is 2.65 bits per heavy atom. The number of rotatable bonds is 4. The van der Waals surface area contributed by atoms with Gasteiger partial charge in [-0.25, -0.2) is 4.39 Å². The third kappa shape index (κ3) is 4.18. The fourth-order valence-electron chi connectivity index (χ4n) is 2.45. The standard InChI is InChI=1S/C14H17F4NO/c1-19(7-10-2-3-20-9-10)8-11-4-12(14(16,17)18)6-13(15)5-11/h4-6,10H,2-3,7-9H2,1H3. The van der Waals surface area contributed by atoms with Crippen LogP contribution in [0, 0.1) is 11.7 Å². The fourth-order valence-corrected chi connectivity index (χ4v) is 2.45. The van der Waals surface area contributed by atoms with Crippen LogP contribution in [-0.4, -0.2) is 31.7 Å². The van der Waals surface area contributed by atoms with Gasteiger partial charge in [0.1, 0.15) is 5.82 Å². The van der Waals surface area contributed by atoms with E-state index in [-0.39, 0.29) is 6.54 Å². The van der Waals surface area contributed by atoms with Crippen molar-refractivity contribution >= 4 is 0 Å². The third-order valence-electron chi connectivity index (χ3n) is 3.33. The summed E-state index contributed by atoms with van der Waals surface area (Å²) in [6, 6.07) is 2.68. The minimum absolute atomic E-state index is 0.289. The molecule has 1 saturated heterocycles. The smallest absolute Gasteiger partial charge is 0.381 e. The number of hydrogen-bond acceptors (Lipinski definition) is 2. The van der Waals surface area contributed by atoms with E-state index in [1.807, 2.05) is 11.9 Å². The first-order valence-corrected chi connectivity index (χ1v) is 6.47. The number of nitrogens with zero attached hydrogens (tertiary/aromatic N) is 1. The summed E-state index contributed by atoms with van der Waals surface area (Å²) < 4.78 is 56.4. The third-order valence-corrected chi connectivity index (χ3v) is 3.33. The van der Waals surface area contributed by atoms with Gasteiger partial charge in [0.2, 0.25) is 0 Å². The van der Waals surface area contributed by atoms with Gasteiger partial charge in [0.05, 0.1) is 12.2 Å². The molecule has 1 aliphatic heterocycles. The minimum atomic E-state index is -4.52. The Balaban J connectivity index is 2.02. The number of ether oxygens (including phenoxy) is 1. The summed E-state index contributed by atoms with van der Waals surface area (Å²) in [7, 11) is 1.82. The van der Waals surface area contributed by atoms with Crippen molar-refractivity contribution in [1.82, 2.24) is 4.90 Å². The molecule has 0 amide bonds. The quantitative estimate of drug-likeness (QED) is 0.789. The van der Waals surface area contributed by atoms with Crippen LogP contribution in [0.3, 0.4) is 0 Å². The maximum Gasteiger partial charge on any atom is 0.416 e. The Labute approximate surface area is 115 Å². The maximum atomic E-state index is 13.3. The van der Waals surface area contributed by atoms with Gasteiger partial charge in [0.25, 0.3) is 0 Å². The van der Waals surface area contributed by atoms with E-state index in [1.165, 1.54) is 0 Å². The van der Waals surface area contributed by atoms with Gasteiger partial charge in [-0.1, -0.05) is 0 Å². The zero-order valence-electron chi connectivity index (χ0n) is 11.2. The molecule has 1 unspecified atom stereocenters. The first-order chi connectivity index (χ1) is 9.34. The van der Waals surface area contributed by atoms with E-state index in [9.17, 15) is 17.6 Å². The lowest BCUT2D eigenvalue weighted by Crippen LogP contribution is -2.25. The maximum absolute atomic E-state index is 13.3. The van der Waals surface area contributed by atoms with Crippen molar-refractivity contribution in [3.63, 3.8) is 0 Å². The summed E-state index contributed by atoms with van der Waals surface area (Å²) in [6.45, 7) is 2.44. The molecule has 0 bridgehead atoms. The van der Waals surface area contributed by atoms with Crippen molar-refractivity contribution in [2.24, 2.45) is 5.92 Å². The van der Waals surface area contributed by atoms with Crippen LogP contribution in [0.5, 0.6) is 0 Å². The van der Waals surface area contributed by atoms with E-state index < -0.39 is 17.6 Å². The van der Waals surface area contributed by atoms with Gasteiger partial charge >= 0.3 is 6.18 Å². The molecular formula is C14H17F4NO. The van der Waals surface area contributed by atoms with Gasteiger partial charge < -0.3 is 9.64 Å². The summed E-state index contributed by atoms with van der Waals surface area (Å²) in [5, 5.41) is 0. The van der Waals surface area contributed by atoms with Gasteiger partial charge in [-0.05, 0) is 43.1 Å². The molecule has 1 atom stereocenters. The lowest BCUT2D eigenvalue weighted by Gasteiger charge is -2.20. The highest BCUT2D eigenvalue weighted by Gasteiger charge is 2.31. The Morgan fingerprint density at radius 1 is 1.30 bits per heavy atom. The molecule has 0 aliphatic carbocycles. The molecule has 1 fully saturated rings. The van der Waals surface area contributed by atoms with Crippen LogP contribution in [-0.2, 0) is 17.5 Å². The Hall–Kier alpha value is -1.14. The van der Waals surface area contributed by atoms with Gasteiger partial charge in [-0.2, -0.15) is 13.2 Å². The van der Waals surface area contributed by atoms with E-state index in [0.717, 1.165) is 31.7 Å². The fraction of sp³-hybridized carbons (Fsp3) is 0.571. The molecule has 20 heavy (non-hydrogen) atoms. The zero-order valence-corrected chi connectivity index (χ0v) is 11.2. The summed E-state index contributed by atoms with van der Waals surface area (Å²) in [4.78, 5) is 1.90. The van der Waals surface area contributed by atoms with E-state index in [1.54, 1.807) is 0 Å². The van der Waals surface area contributed by atoms with Crippen molar-refractivity contribution in [3.8, 4) is 0 Å². The van der Waals surface area contributed by atoms with Gasteiger partial charge in [0.15, 0.2) is 0 Å². The molecule has 0 N–H and O–H groups in total. The number of halogens is 4. The summed E-state index contributed by atoms with van der Waals surface area (Å²) >= 11 is 0. The molecule has 1 heterocycles. The summed E-state index contributed by atoms with van der Waals surface area (Å²) in [5.74, 6) is -0.455. The highest BCUT2D eigenvalue weighted by molar-refractivity contribution is 5.26. The molecule has 1 aromatic carbocycles. The van der Waals surface area contributed by atoms with Crippen LogP contribution in [0.2, 0.25) is 0 Å². The molecule has 6 heteroatoms. The van der Waals surface area contributed by atoms with Crippen molar-refractivity contribution in [2.45, 2.75) is 19.1 Å². The van der Waals surface area contributed by atoms with Crippen LogP contribution in [0.25, 0.3) is 0 Å². The summed E-state index contributed by atoms with van der Waals surface area (Å²) in [5.41, 5.74) is -0.608. The average molecular weight is 291 g/mol. The van der Waals surface area contributed by atoms with E-state index in [4.69, 9.17) is 4.74 Å². The van der Waals surface area contributed by atoms with Crippen molar-refractivity contribution in [3.05, 3.63) is 35.1 Å². The first-order valence-electron chi connectivity index (χ1n) is 6.47. The molecule has 1 aliphatic rings. The highest BCUT2D eigenvalue weighted by atomic mass is 19.4. The number of benzene rings is 1. The molecule has 2 rings (SSSR count). The Kier molecular flexibility index (Phi) is 4.65. The average Bonchev–Trinajstić information content (AvgIpc) is 2.79. The first kappa shape index (κ1) is 15.3. The highest BCUT2D eigenvalue weighted by Crippen LogP contribution is 2.30. The number of hydrogen-bond donors (Lipinski definition) is 0. The van der Waals surface area contributed by atoms with E-state index >= 15 is 0 Å². The Bertz CT molecular complexity index is 455. The van der Waals surface area contributed by atoms with Crippen LogP contribution in [0.4, 0.5) is 17.6 Å².